The fourth-order valence-corrected chi connectivity index (χ4v) is 3.06. The molecule has 0 unspecified atom stereocenters. The zero-order valence-electron chi connectivity index (χ0n) is 13.8. The van der Waals surface area contributed by atoms with Gasteiger partial charge in [0.05, 0.1) is 25.2 Å². The fourth-order valence-electron chi connectivity index (χ4n) is 3.06. The first-order chi connectivity index (χ1) is 12.2. The van der Waals surface area contributed by atoms with Crippen molar-refractivity contribution in [2.45, 2.75) is 6.61 Å². The van der Waals surface area contributed by atoms with Gasteiger partial charge in [-0.2, -0.15) is 0 Å². The van der Waals surface area contributed by atoms with Gasteiger partial charge in [0, 0.05) is 19.2 Å². The van der Waals surface area contributed by atoms with Gasteiger partial charge in [0.1, 0.15) is 5.58 Å². The number of hydrogen-bond acceptors (Lipinski definition) is 5. The van der Waals surface area contributed by atoms with Gasteiger partial charge in [-0.3, -0.25) is 4.79 Å². The summed E-state index contributed by atoms with van der Waals surface area (Å²) < 4.78 is 11.4. The van der Waals surface area contributed by atoms with Crippen LogP contribution in [0.25, 0.3) is 22.1 Å². The minimum atomic E-state index is -0.0371. The molecule has 0 saturated carbocycles. The normalized spacial score (nSPS) is 14.8. The molecule has 2 aromatic carbocycles. The maximum absolute atomic E-state index is 12.4. The molecule has 1 fully saturated rings. The highest BCUT2D eigenvalue weighted by Crippen LogP contribution is 2.26. The number of nitrogens with zero attached hydrogens (tertiary/aromatic N) is 1. The molecule has 0 atom stereocenters. The van der Waals surface area contributed by atoms with Crippen LogP contribution in [-0.2, 0) is 11.3 Å². The molecule has 1 saturated heterocycles. The molecular formula is C20H19NO4. The van der Waals surface area contributed by atoms with Gasteiger partial charge in [0.25, 0.3) is 0 Å². The van der Waals surface area contributed by atoms with Gasteiger partial charge in [-0.1, -0.05) is 30.3 Å². The van der Waals surface area contributed by atoms with Crippen LogP contribution >= 0.6 is 0 Å². The van der Waals surface area contributed by atoms with Crippen molar-refractivity contribution in [2.24, 2.45) is 0 Å². The van der Waals surface area contributed by atoms with E-state index in [1.165, 1.54) is 0 Å². The number of fused-ring (bicyclic) bond motifs is 1. The minimum Gasteiger partial charge on any atom is -0.440 e. The largest absolute Gasteiger partial charge is 0.440 e. The number of benzene rings is 2. The van der Waals surface area contributed by atoms with Crippen LogP contribution in [0.1, 0.15) is 5.56 Å². The molecule has 1 aliphatic rings. The number of ether oxygens (including phenoxy) is 1. The van der Waals surface area contributed by atoms with Crippen LogP contribution < -0.4 is 10.3 Å². The molecule has 3 aromatic rings. The molecule has 1 N–H and O–H groups in total. The second kappa shape index (κ2) is 6.70. The Balaban J connectivity index is 1.76. The van der Waals surface area contributed by atoms with Crippen molar-refractivity contribution in [3.8, 4) is 11.1 Å². The lowest BCUT2D eigenvalue weighted by Gasteiger charge is -2.27. The van der Waals surface area contributed by atoms with Crippen LogP contribution in [0.2, 0.25) is 0 Å². The first-order valence-corrected chi connectivity index (χ1v) is 8.35. The molecule has 4 rings (SSSR count). The van der Waals surface area contributed by atoms with Crippen molar-refractivity contribution in [3.63, 3.8) is 0 Å². The lowest BCUT2D eigenvalue weighted by atomic mass is 10.0. The average molecular weight is 337 g/mol. The molecule has 5 nitrogen and oxygen atoms in total. The minimum absolute atomic E-state index is 0.0236. The molecule has 0 radical (unpaired) electrons. The van der Waals surface area contributed by atoms with Crippen LogP contribution in [0.5, 0.6) is 0 Å². The molecular weight excluding hydrogens is 318 g/mol. The lowest BCUT2D eigenvalue weighted by Crippen LogP contribution is -2.36. The van der Waals surface area contributed by atoms with Gasteiger partial charge in [-0.15, -0.1) is 0 Å². The van der Waals surface area contributed by atoms with Crippen LogP contribution in [-0.4, -0.2) is 31.4 Å². The van der Waals surface area contributed by atoms with E-state index in [0.29, 0.717) is 30.1 Å². The van der Waals surface area contributed by atoms with E-state index in [1.54, 1.807) is 12.1 Å². The molecule has 1 aromatic heterocycles. The summed E-state index contributed by atoms with van der Waals surface area (Å²) in [5, 5.41) is 9.74. The second-order valence-electron chi connectivity index (χ2n) is 6.11. The van der Waals surface area contributed by atoms with E-state index in [-0.39, 0.29) is 12.0 Å². The lowest BCUT2D eigenvalue weighted by molar-refractivity contribution is 0.121. The summed E-state index contributed by atoms with van der Waals surface area (Å²) in [5.41, 5.74) is 3.39. The Morgan fingerprint density at radius 3 is 2.40 bits per heavy atom. The predicted octanol–water partition coefficient (Wildman–Crippen LogP) is 2.79. The summed E-state index contributed by atoms with van der Waals surface area (Å²) in [5.74, 6) is 0.591. The van der Waals surface area contributed by atoms with E-state index >= 15 is 0 Å². The highest BCUT2D eigenvalue weighted by molar-refractivity contribution is 5.83. The topological polar surface area (TPSA) is 62.9 Å². The standard InChI is InChI=1S/C20H19NO4/c22-13-14-1-3-15(4-2-14)16-5-6-17-18(23)12-20(25-19(17)11-16)21-7-9-24-10-8-21/h1-6,11-12,22H,7-10,13H2. The second-order valence-corrected chi connectivity index (χ2v) is 6.11. The third kappa shape index (κ3) is 3.16. The molecule has 0 spiro atoms. The van der Waals surface area contributed by atoms with Crippen molar-refractivity contribution in [1.82, 2.24) is 0 Å². The van der Waals surface area contributed by atoms with E-state index in [2.05, 4.69) is 0 Å². The van der Waals surface area contributed by atoms with E-state index in [4.69, 9.17) is 14.3 Å². The number of morpholine rings is 1. The van der Waals surface area contributed by atoms with Gasteiger partial charge in [0.15, 0.2) is 11.3 Å². The van der Waals surface area contributed by atoms with Crippen LogP contribution in [0.3, 0.4) is 0 Å². The Morgan fingerprint density at radius 1 is 0.960 bits per heavy atom. The Morgan fingerprint density at radius 2 is 1.68 bits per heavy atom. The SMILES string of the molecule is O=c1cc(N2CCOCC2)oc2cc(-c3ccc(CO)cc3)ccc12. The third-order valence-corrected chi connectivity index (χ3v) is 4.51. The summed E-state index contributed by atoms with van der Waals surface area (Å²) in [6.07, 6.45) is 0. The zero-order chi connectivity index (χ0) is 17.2. The van der Waals surface area contributed by atoms with E-state index in [0.717, 1.165) is 29.8 Å². The van der Waals surface area contributed by atoms with Crippen molar-refractivity contribution in [2.75, 3.05) is 31.2 Å². The Labute approximate surface area is 145 Å². The molecule has 0 aliphatic carbocycles. The van der Waals surface area contributed by atoms with Crippen molar-refractivity contribution in [1.29, 1.82) is 0 Å². The number of hydrogen-bond donors (Lipinski definition) is 1. The summed E-state index contributed by atoms with van der Waals surface area (Å²) in [6.45, 7) is 2.74. The average Bonchev–Trinajstić information content (AvgIpc) is 2.68. The first kappa shape index (κ1) is 15.9. The predicted molar refractivity (Wildman–Crippen MR) is 96.9 cm³/mol. The number of aliphatic hydroxyl groups excluding tert-OH is 1. The van der Waals surface area contributed by atoms with Crippen molar-refractivity contribution >= 4 is 16.9 Å². The van der Waals surface area contributed by atoms with Crippen LogP contribution in [0.4, 0.5) is 5.88 Å². The Kier molecular flexibility index (Phi) is 4.26. The molecule has 2 heterocycles. The highest BCUT2D eigenvalue weighted by Gasteiger charge is 2.15. The summed E-state index contributed by atoms with van der Waals surface area (Å²) in [4.78, 5) is 14.5. The Hall–Kier alpha value is -2.63. The van der Waals surface area contributed by atoms with Gasteiger partial charge in [0.2, 0.25) is 0 Å². The fraction of sp³-hybridized carbons (Fsp3) is 0.250. The first-order valence-electron chi connectivity index (χ1n) is 8.35. The maximum Gasteiger partial charge on any atom is 0.200 e. The number of rotatable bonds is 3. The molecule has 5 heteroatoms. The summed E-state index contributed by atoms with van der Waals surface area (Å²) in [6, 6.07) is 14.9. The van der Waals surface area contributed by atoms with E-state index in [1.807, 2.05) is 41.3 Å². The molecule has 0 bridgehead atoms. The Bertz CT molecular complexity index is 940. The van der Waals surface area contributed by atoms with Crippen LogP contribution in [0, 0.1) is 0 Å². The van der Waals surface area contributed by atoms with Gasteiger partial charge < -0.3 is 19.2 Å². The number of anilines is 1. The summed E-state index contributed by atoms with van der Waals surface area (Å²) in [7, 11) is 0. The van der Waals surface area contributed by atoms with Crippen molar-refractivity contribution in [3.05, 3.63) is 64.3 Å². The van der Waals surface area contributed by atoms with E-state index in [9.17, 15) is 4.79 Å². The van der Waals surface area contributed by atoms with Crippen molar-refractivity contribution < 1.29 is 14.3 Å². The van der Waals surface area contributed by atoms with Gasteiger partial charge in [-0.05, 0) is 28.8 Å². The highest BCUT2D eigenvalue weighted by atomic mass is 16.5. The molecule has 25 heavy (non-hydrogen) atoms. The third-order valence-electron chi connectivity index (χ3n) is 4.51. The van der Waals surface area contributed by atoms with Crippen LogP contribution in [0.15, 0.2) is 57.7 Å². The smallest absolute Gasteiger partial charge is 0.200 e. The van der Waals surface area contributed by atoms with Gasteiger partial charge >= 0.3 is 0 Å². The zero-order valence-corrected chi connectivity index (χ0v) is 13.8. The molecule has 128 valence electrons. The summed E-state index contributed by atoms with van der Waals surface area (Å²) >= 11 is 0. The number of aliphatic hydroxyl groups is 1. The maximum atomic E-state index is 12.4. The van der Waals surface area contributed by atoms with E-state index < -0.39 is 0 Å². The monoisotopic (exact) mass is 337 g/mol. The quantitative estimate of drug-likeness (QED) is 0.796. The molecule has 1 aliphatic heterocycles. The van der Waals surface area contributed by atoms with Gasteiger partial charge in [-0.25, -0.2) is 0 Å². The molecule has 0 amide bonds.